The second-order valence-corrected chi connectivity index (χ2v) is 19.3. The van der Waals surface area contributed by atoms with Gasteiger partial charge in [0.05, 0.1) is 33.3 Å². The van der Waals surface area contributed by atoms with Crippen LogP contribution in [0.15, 0.2) is 25.3 Å². The summed E-state index contributed by atoms with van der Waals surface area (Å²) in [4.78, 5) is 71.9. The molecule has 5 unspecified atom stereocenters. The zero-order chi connectivity index (χ0) is 41.9. The molecule has 13 atom stereocenters. The van der Waals surface area contributed by atoms with Gasteiger partial charge in [-0.05, 0) is 0 Å². The Bertz CT molecular complexity index is 2260. The number of ether oxygens (including phenoxy) is 2. The van der Waals surface area contributed by atoms with Crippen LogP contribution in [0.1, 0.15) is 12.5 Å². The first-order valence-corrected chi connectivity index (χ1v) is 22.5. The van der Waals surface area contributed by atoms with E-state index in [1.54, 1.807) is 0 Å². The summed E-state index contributed by atoms with van der Waals surface area (Å²) in [7, 11) is -26.6. The summed E-state index contributed by atoms with van der Waals surface area (Å²) in [5.74, 6) is -0.0936. The fraction of sp³-hybridized carbons (Fsp3) is 0.500. The molecular weight excluding hydrogens is 997 g/mol. The quantitative estimate of drug-likeness (QED) is 0.0448. The monoisotopic (exact) mass is 1020 g/mol. The number of nitrogens with two attached hydrogens (primary N) is 2. The van der Waals surface area contributed by atoms with Crippen molar-refractivity contribution in [2.45, 2.75) is 49.1 Å². The fourth-order valence-electron chi connectivity index (χ4n) is 5.25. The van der Waals surface area contributed by atoms with E-state index in [0.29, 0.717) is 0 Å². The normalized spacial score (nSPS) is 28.3. The molecule has 6 rings (SSSR count). The third-order valence-corrected chi connectivity index (χ3v) is 15.1. The molecule has 2 fully saturated rings. The Hall–Kier alpha value is 2.27. The van der Waals surface area contributed by atoms with Gasteiger partial charge >= 0.3 is 148 Å². The van der Waals surface area contributed by atoms with Crippen LogP contribution in [0.2, 0.25) is 0 Å². The third kappa shape index (κ3) is 15.1. The number of hydrogen-bond donors (Lipinski definition) is 6. The Kier molecular flexibility index (Phi) is 24.5. The Labute approximate surface area is 458 Å². The van der Waals surface area contributed by atoms with E-state index in [-0.39, 0.29) is 182 Å². The standard InChI is InChI=1S/C20H28BN10O21P5.5Na/c21-53(36,45-1-7-11(32)13(34)19(47-7)30-5-28-9-15(22)24-3-26-17(9)30)49-55(39,40)51-57(43,44)52-56(41,42)50-54(37,38)46-2-8-12(33)14(35)20(48-8)31-6-29-10-16(23)25-4-27-18(10)31;;;;;/h3-8,11-14,19-20,32-35H,1-2H2,(H,37,38)(H,39,40)(H,41,42)(H,43,44)(H2,22,24,26)(H2,23,25,27);;;;;/q-1;5*+1/p-4/t7-,8-,11-,12-,13-,14-,19-,20-,53?;;;;;/m1...../s1. The predicted octanol–water partition coefficient (Wildman–Crippen LogP) is -19.7. The van der Waals surface area contributed by atoms with Crippen LogP contribution in [-0.2, 0) is 58.6 Å². The number of phosphoric acid groups is 4. The van der Waals surface area contributed by atoms with Crippen LogP contribution in [0.25, 0.3) is 22.3 Å². The van der Waals surface area contributed by atoms with Crippen molar-refractivity contribution in [1.29, 1.82) is 0 Å². The van der Waals surface area contributed by atoms with Crippen LogP contribution < -0.4 is 179 Å². The van der Waals surface area contributed by atoms with Crippen molar-refractivity contribution in [3.05, 3.63) is 25.3 Å². The first-order valence-electron chi connectivity index (χ1n) is 15.0. The Morgan fingerprint density at radius 3 is 1.34 bits per heavy atom. The second-order valence-electron chi connectivity index (χ2n) is 11.5. The van der Waals surface area contributed by atoms with Gasteiger partial charge in [0, 0.05) is 0 Å². The molecule has 62 heavy (non-hydrogen) atoms. The Morgan fingerprint density at radius 2 is 0.935 bits per heavy atom. The van der Waals surface area contributed by atoms with Crippen molar-refractivity contribution in [2.75, 3.05) is 24.7 Å². The number of aliphatic hydroxyl groups excluding tert-OH is 4. The van der Waals surface area contributed by atoms with Gasteiger partial charge in [-0.2, -0.15) is 0 Å². The van der Waals surface area contributed by atoms with Crippen LogP contribution in [-0.4, -0.2) is 117 Å². The van der Waals surface area contributed by atoms with Crippen molar-refractivity contribution < 1.29 is 246 Å². The molecule has 6 heterocycles. The van der Waals surface area contributed by atoms with Gasteiger partial charge in [0.1, 0.15) is 60.3 Å². The minimum absolute atomic E-state index is 0. The third-order valence-electron chi connectivity index (χ3n) is 7.63. The van der Waals surface area contributed by atoms with E-state index in [0.717, 1.165) is 34.4 Å². The number of anilines is 2. The molecule has 2 saturated heterocycles. The molecule has 0 amide bonds. The molecule has 31 nitrogen and oxygen atoms in total. The smallest absolute Gasteiger partial charge is 0.756 e. The number of hydrogen-bond acceptors (Lipinski definition) is 29. The Balaban J connectivity index is 0.00000384. The van der Waals surface area contributed by atoms with Crippen molar-refractivity contribution in [3.63, 3.8) is 0 Å². The average Bonchev–Trinajstić information content (AvgIpc) is 3.83. The van der Waals surface area contributed by atoms with E-state index in [2.05, 4.69) is 56.2 Å². The summed E-state index contributed by atoms with van der Waals surface area (Å²) in [6.45, 7) is -2.37. The molecule has 8 N–H and O–H groups in total. The Morgan fingerprint density at radius 1 is 0.581 bits per heavy atom. The van der Waals surface area contributed by atoms with E-state index in [1.165, 1.54) is 0 Å². The van der Waals surface area contributed by atoms with Gasteiger partial charge in [-0.15, -0.1) is 0 Å². The molecular formula is C20H24BN10Na5O21P5. The number of aliphatic hydroxyl groups is 4. The first kappa shape index (κ1) is 62.3. The topological polar surface area (TPSA) is 472 Å². The molecule has 4 aromatic heterocycles. The van der Waals surface area contributed by atoms with Crippen LogP contribution >= 0.6 is 38.8 Å². The molecule has 0 saturated carbocycles. The summed E-state index contributed by atoms with van der Waals surface area (Å²) in [6, 6.07) is 0. The maximum Gasteiger partial charge on any atom is 1.00 e. The van der Waals surface area contributed by atoms with Gasteiger partial charge < -0.3 is 82.1 Å². The van der Waals surface area contributed by atoms with Gasteiger partial charge in [0.15, 0.2) is 35.4 Å². The molecule has 42 heteroatoms. The number of nitrogens with zero attached hydrogens (tertiary/aromatic N) is 8. The number of imidazole rings is 2. The van der Waals surface area contributed by atoms with Crippen LogP contribution in [0.3, 0.4) is 0 Å². The van der Waals surface area contributed by atoms with Gasteiger partial charge in [0.2, 0.25) is 0 Å². The number of aromatic nitrogens is 8. The molecule has 0 bridgehead atoms. The molecule has 4 aromatic rings. The minimum atomic E-state index is -6.79. The molecule has 2 aliphatic heterocycles. The summed E-state index contributed by atoms with van der Waals surface area (Å²) >= 11 is 0. The van der Waals surface area contributed by atoms with Gasteiger partial charge in [-0.1, -0.05) is 0 Å². The van der Waals surface area contributed by atoms with Gasteiger partial charge in [-0.25, -0.2) is 42.8 Å². The molecule has 0 spiro atoms. The summed E-state index contributed by atoms with van der Waals surface area (Å²) < 4.78 is 97.6. The van der Waals surface area contributed by atoms with E-state index in [1.807, 2.05) is 0 Å². The van der Waals surface area contributed by atoms with E-state index >= 15 is 0 Å². The minimum Gasteiger partial charge on any atom is -0.756 e. The van der Waals surface area contributed by atoms with E-state index in [4.69, 9.17) is 28.5 Å². The molecule has 2 aliphatic rings. The average molecular weight is 1020 g/mol. The maximum atomic E-state index is 12.5. The molecule has 0 aromatic carbocycles. The summed E-state index contributed by atoms with van der Waals surface area (Å²) in [5, 5.41) is 41.7. The zero-order valence-electron chi connectivity index (χ0n) is 32.6. The summed E-state index contributed by atoms with van der Waals surface area (Å²) in [6.07, 6.45) is -9.20. The molecule has 3 radical (unpaired) electrons. The van der Waals surface area contributed by atoms with Gasteiger partial charge in [0.25, 0.3) is 31.3 Å². The van der Waals surface area contributed by atoms with E-state index < -0.39 is 101 Å². The maximum absolute atomic E-state index is 12.5. The van der Waals surface area contributed by atoms with Crippen molar-refractivity contribution in [3.8, 4) is 0 Å². The second kappa shape index (κ2) is 24.4. The van der Waals surface area contributed by atoms with Gasteiger partial charge in [-0.3, -0.25) is 31.7 Å². The number of phosphoric ester groups is 1. The number of nitrogen functional groups attached to an aromatic ring is 2. The molecule has 0 aliphatic carbocycles. The summed E-state index contributed by atoms with van der Waals surface area (Å²) in [5.41, 5.74) is 11.7. The largest absolute Gasteiger partial charge is 1.00 e. The zero-order valence-corrected chi connectivity index (χ0v) is 47.1. The molecule has 313 valence electrons. The first-order chi connectivity index (χ1) is 26.4. The van der Waals surface area contributed by atoms with Crippen LogP contribution in [0.5, 0.6) is 0 Å². The van der Waals surface area contributed by atoms with Crippen LogP contribution in [0.4, 0.5) is 11.6 Å². The SMILES string of the molecule is [B-]P(=O)(OC[C@H]1O[C@@H](n2cnc3c(N)ncnc32)[C@H](O)[C@@H]1O)OP(=O)([O-])OP(=O)([O-])OP(=O)([O-])OP(=O)([O-])OC[C@H]1O[C@@H](n2cnc3c(N)ncnc32)[C@H](O)[C@@H]1O.[Na+].[Na+].[Na+].[Na+].[Na+]. The fourth-order valence-corrected chi connectivity index (χ4v) is 11.5. The van der Waals surface area contributed by atoms with Crippen molar-refractivity contribution in [1.82, 2.24) is 39.0 Å². The van der Waals surface area contributed by atoms with Crippen LogP contribution in [0, 0.1) is 0 Å². The predicted molar refractivity (Wildman–Crippen MR) is 171 cm³/mol. The number of fused-ring (bicyclic) bond motifs is 2. The van der Waals surface area contributed by atoms with Crippen molar-refractivity contribution >= 4 is 80.3 Å². The van der Waals surface area contributed by atoms with E-state index in [9.17, 15) is 62.8 Å². The number of rotatable bonds is 16. The van der Waals surface area contributed by atoms with Crippen molar-refractivity contribution in [2.24, 2.45) is 0 Å².